The molecule has 2 rings (SSSR count). The van der Waals surface area contributed by atoms with Crippen LogP contribution in [0.15, 0.2) is 30.3 Å². The fourth-order valence-electron chi connectivity index (χ4n) is 3.17. The molecule has 0 saturated heterocycles. The van der Waals surface area contributed by atoms with E-state index >= 15 is 0 Å². The molecule has 0 aliphatic heterocycles. The highest BCUT2D eigenvalue weighted by Crippen LogP contribution is 2.24. The Morgan fingerprint density at radius 3 is 1.96 bits per heavy atom. The van der Waals surface area contributed by atoms with Gasteiger partial charge in [0.2, 0.25) is 11.8 Å². The maximum absolute atomic E-state index is 12.6. The zero-order valence-corrected chi connectivity index (χ0v) is 15.9. The lowest BCUT2D eigenvalue weighted by Crippen LogP contribution is -2.37. The summed E-state index contributed by atoms with van der Waals surface area (Å²) in [5.74, 6) is -0.357. The van der Waals surface area contributed by atoms with E-state index in [1.165, 1.54) is 11.8 Å². The van der Waals surface area contributed by atoms with Crippen LogP contribution in [0.1, 0.15) is 34.7 Å². The van der Waals surface area contributed by atoms with Crippen LogP contribution in [-0.4, -0.2) is 18.4 Å². The van der Waals surface area contributed by atoms with E-state index in [1.807, 2.05) is 65.0 Å². The van der Waals surface area contributed by atoms with Crippen LogP contribution in [0.4, 0.5) is 11.4 Å². The molecule has 2 amide bonds. The molecule has 0 bridgehead atoms. The fourth-order valence-corrected chi connectivity index (χ4v) is 3.17. The highest BCUT2D eigenvalue weighted by Gasteiger charge is 2.18. The second-order valence-electron chi connectivity index (χ2n) is 6.72. The Kier molecular flexibility index (Phi) is 5.62. The summed E-state index contributed by atoms with van der Waals surface area (Å²) in [6.45, 7) is 11.4. The van der Waals surface area contributed by atoms with E-state index < -0.39 is 0 Å². The Labute approximate surface area is 149 Å². The number of aryl methyl sites for hydroxylation is 5. The number of rotatable bonds is 4. The molecule has 2 aromatic carbocycles. The van der Waals surface area contributed by atoms with Crippen molar-refractivity contribution in [1.29, 1.82) is 0 Å². The number of carbonyl (C=O) groups is 2. The molecule has 1 N–H and O–H groups in total. The van der Waals surface area contributed by atoms with Gasteiger partial charge in [-0.1, -0.05) is 35.4 Å². The molecule has 0 radical (unpaired) electrons. The molecule has 0 unspecified atom stereocenters. The van der Waals surface area contributed by atoms with Gasteiger partial charge in [0, 0.05) is 18.3 Å². The van der Waals surface area contributed by atoms with Crippen molar-refractivity contribution in [2.24, 2.45) is 0 Å². The van der Waals surface area contributed by atoms with Gasteiger partial charge in [0.15, 0.2) is 0 Å². The van der Waals surface area contributed by atoms with Gasteiger partial charge in [-0.3, -0.25) is 9.59 Å². The number of nitrogens with one attached hydrogen (secondary N) is 1. The Bertz CT molecular complexity index is 802. The molecule has 0 heterocycles. The van der Waals surface area contributed by atoms with Gasteiger partial charge in [0.25, 0.3) is 0 Å². The van der Waals surface area contributed by atoms with Crippen LogP contribution in [0.3, 0.4) is 0 Å². The van der Waals surface area contributed by atoms with Crippen LogP contribution >= 0.6 is 0 Å². The predicted molar refractivity (Wildman–Crippen MR) is 103 cm³/mol. The first-order chi connectivity index (χ1) is 11.7. The number of hydrogen-bond donors (Lipinski definition) is 1. The van der Waals surface area contributed by atoms with Gasteiger partial charge < -0.3 is 10.2 Å². The molecule has 0 saturated carbocycles. The van der Waals surface area contributed by atoms with Gasteiger partial charge in [-0.05, 0) is 57.4 Å². The molecule has 25 heavy (non-hydrogen) atoms. The minimum atomic E-state index is -0.203. The van der Waals surface area contributed by atoms with E-state index in [2.05, 4.69) is 5.32 Å². The Hall–Kier alpha value is -2.62. The molecule has 0 spiro atoms. The summed E-state index contributed by atoms with van der Waals surface area (Å²) in [6, 6.07) is 9.93. The summed E-state index contributed by atoms with van der Waals surface area (Å²) in [5, 5.41) is 2.96. The Balaban J connectivity index is 2.23. The summed E-state index contributed by atoms with van der Waals surface area (Å²) < 4.78 is 0. The topological polar surface area (TPSA) is 49.4 Å². The standard InChI is InChI=1S/C21H26N2O2/c1-13-7-8-19(15(3)9-13)23(18(6)24)12-20(25)22-21-16(4)10-14(2)11-17(21)5/h7-11H,12H2,1-6H3,(H,22,25). The van der Waals surface area contributed by atoms with Crippen molar-refractivity contribution >= 4 is 23.2 Å². The number of anilines is 2. The highest BCUT2D eigenvalue weighted by molar-refractivity contribution is 6.02. The van der Waals surface area contributed by atoms with E-state index in [9.17, 15) is 9.59 Å². The van der Waals surface area contributed by atoms with Crippen LogP contribution in [0, 0.1) is 34.6 Å². The second-order valence-corrected chi connectivity index (χ2v) is 6.72. The lowest BCUT2D eigenvalue weighted by atomic mass is 10.1. The number of nitrogens with zero attached hydrogens (tertiary/aromatic N) is 1. The third-order valence-corrected chi connectivity index (χ3v) is 4.27. The summed E-state index contributed by atoms with van der Waals surface area (Å²) >= 11 is 0. The van der Waals surface area contributed by atoms with Crippen molar-refractivity contribution in [3.63, 3.8) is 0 Å². The van der Waals surface area contributed by atoms with Gasteiger partial charge in [0.05, 0.1) is 0 Å². The fraction of sp³-hybridized carbons (Fsp3) is 0.333. The van der Waals surface area contributed by atoms with Gasteiger partial charge in [-0.25, -0.2) is 0 Å². The summed E-state index contributed by atoms with van der Waals surface area (Å²) in [7, 11) is 0. The summed E-state index contributed by atoms with van der Waals surface area (Å²) in [4.78, 5) is 26.2. The molecule has 0 aliphatic rings. The van der Waals surface area contributed by atoms with E-state index in [-0.39, 0.29) is 18.4 Å². The van der Waals surface area contributed by atoms with Crippen LogP contribution in [0.2, 0.25) is 0 Å². The van der Waals surface area contributed by atoms with Crippen molar-refractivity contribution in [2.75, 3.05) is 16.8 Å². The first-order valence-corrected chi connectivity index (χ1v) is 8.42. The molecule has 0 aromatic heterocycles. The van der Waals surface area contributed by atoms with Gasteiger partial charge >= 0.3 is 0 Å². The number of amides is 2. The smallest absolute Gasteiger partial charge is 0.244 e. The molecule has 2 aromatic rings. The zero-order chi connectivity index (χ0) is 18.7. The van der Waals surface area contributed by atoms with E-state index in [0.717, 1.165) is 39.2 Å². The third kappa shape index (κ3) is 4.47. The van der Waals surface area contributed by atoms with Crippen LogP contribution in [0.25, 0.3) is 0 Å². The second kappa shape index (κ2) is 7.51. The Morgan fingerprint density at radius 1 is 0.880 bits per heavy atom. The average molecular weight is 338 g/mol. The number of carbonyl (C=O) groups excluding carboxylic acids is 2. The van der Waals surface area contributed by atoms with E-state index in [0.29, 0.717) is 0 Å². The largest absolute Gasteiger partial charge is 0.324 e. The van der Waals surface area contributed by atoms with E-state index in [4.69, 9.17) is 0 Å². The minimum Gasteiger partial charge on any atom is -0.324 e. The summed E-state index contributed by atoms with van der Waals surface area (Å²) in [5.41, 5.74) is 6.89. The van der Waals surface area contributed by atoms with Crippen LogP contribution in [-0.2, 0) is 9.59 Å². The maximum Gasteiger partial charge on any atom is 0.244 e. The van der Waals surface area contributed by atoms with E-state index in [1.54, 1.807) is 0 Å². The van der Waals surface area contributed by atoms with Crippen molar-refractivity contribution in [1.82, 2.24) is 0 Å². The quantitative estimate of drug-likeness (QED) is 0.907. The van der Waals surface area contributed by atoms with Crippen molar-refractivity contribution < 1.29 is 9.59 Å². The van der Waals surface area contributed by atoms with Crippen molar-refractivity contribution in [3.05, 3.63) is 58.1 Å². The zero-order valence-electron chi connectivity index (χ0n) is 15.9. The van der Waals surface area contributed by atoms with Gasteiger partial charge in [0.1, 0.15) is 6.54 Å². The first-order valence-electron chi connectivity index (χ1n) is 8.42. The first kappa shape index (κ1) is 18.7. The SMILES string of the molecule is CC(=O)N(CC(=O)Nc1c(C)cc(C)cc1C)c1ccc(C)cc1C. The normalized spacial score (nSPS) is 10.5. The molecule has 0 fully saturated rings. The molecule has 0 atom stereocenters. The predicted octanol–water partition coefficient (Wildman–Crippen LogP) is 4.22. The number of benzene rings is 2. The number of hydrogen-bond acceptors (Lipinski definition) is 2. The average Bonchev–Trinajstić information content (AvgIpc) is 2.49. The monoisotopic (exact) mass is 338 g/mol. The Morgan fingerprint density at radius 2 is 1.44 bits per heavy atom. The molecular weight excluding hydrogens is 312 g/mol. The molecular formula is C21H26N2O2. The minimum absolute atomic E-state index is 0.00795. The molecule has 132 valence electrons. The maximum atomic E-state index is 12.6. The summed E-state index contributed by atoms with van der Waals surface area (Å²) in [6.07, 6.45) is 0. The van der Waals surface area contributed by atoms with Crippen molar-refractivity contribution in [2.45, 2.75) is 41.5 Å². The lowest BCUT2D eigenvalue weighted by molar-refractivity contribution is -0.120. The third-order valence-electron chi connectivity index (χ3n) is 4.27. The molecule has 4 heteroatoms. The van der Waals surface area contributed by atoms with Gasteiger partial charge in [-0.2, -0.15) is 0 Å². The van der Waals surface area contributed by atoms with Gasteiger partial charge in [-0.15, -0.1) is 0 Å². The molecule has 4 nitrogen and oxygen atoms in total. The lowest BCUT2D eigenvalue weighted by Gasteiger charge is -2.23. The van der Waals surface area contributed by atoms with Crippen LogP contribution < -0.4 is 10.2 Å². The molecule has 0 aliphatic carbocycles. The highest BCUT2D eigenvalue weighted by atomic mass is 16.2. The van der Waals surface area contributed by atoms with Crippen molar-refractivity contribution in [3.8, 4) is 0 Å². The van der Waals surface area contributed by atoms with Crippen LogP contribution in [0.5, 0.6) is 0 Å².